The molecule has 98 valence electrons. The van der Waals surface area contributed by atoms with Gasteiger partial charge in [-0.15, -0.1) is 0 Å². The van der Waals surface area contributed by atoms with Crippen LogP contribution in [-0.4, -0.2) is 57.5 Å². The standard InChI is InChI=1S/C10H21F3N2O/c1-4-5-14-9(7-16-3)6-15(2)8-10(11,12)13/h9,14H,4-8H2,1-3H3. The van der Waals surface area contributed by atoms with E-state index in [0.29, 0.717) is 13.2 Å². The Hall–Kier alpha value is -0.330. The van der Waals surface area contributed by atoms with Gasteiger partial charge in [-0.25, -0.2) is 0 Å². The second-order valence-electron chi connectivity index (χ2n) is 3.92. The van der Waals surface area contributed by atoms with Crippen LogP contribution in [0.3, 0.4) is 0 Å². The van der Waals surface area contributed by atoms with E-state index in [-0.39, 0.29) is 6.04 Å². The number of rotatable bonds is 8. The fourth-order valence-electron chi connectivity index (χ4n) is 1.47. The summed E-state index contributed by atoms with van der Waals surface area (Å²) in [5, 5.41) is 3.15. The zero-order valence-electron chi connectivity index (χ0n) is 10.1. The van der Waals surface area contributed by atoms with Crippen LogP contribution in [0.2, 0.25) is 0 Å². The molecular weight excluding hydrogens is 221 g/mol. The molecule has 6 heteroatoms. The number of hydrogen-bond acceptors (Lipinski definition) is 3. The van der Waals surface area contributed by atoms with Crippen molar-refractivity contribution in [1.29, 1.82) is 0 Å². The first-order valence-electron chi connectivity index (χ1n) is 5.36. The molecule has 0 amide bonds. The van der Waals surface area contributed by atoms with E-state index in [4.69, 9.17) is 4.74 Å². The van der Waals surface area contributed by atoms with Gasteiger partial charge in [0.2, 0.25) is 0 Å². The maximum Gasteiger partial charge on any atom is 0.401 e. The molecule has 0 heterocycles. The minimum Gasteiger partial charge on any atom is -0.383 e. The number of alkyl halides is 3. The van der Waals surface area contributed by atoms with Gasteiger partial charge in [0.05, 0.1) is 13.2 Å². The number of nitrogens with zero attached hydrogens (tertiary/aromatic N) is 1. The third-order valence-corrected chi connectivity index (χ3v) is 2.03. The van der Waals surface area contributed by atoms with Crippen molar-refractivity contribution in [3.05, 3.63) is 0 Å². The van der Waals surface area contributed by atoms with Crippen LogP contribution in [0.1, 0.15) is 13.3 Å². The summed E-state index contributed by atoms with van der Waals surface area (Å²) in [5.74, 6) is 0. The molecule has 0 spiro atoms. The van der Waals surface area contributed by atoms with Gasteiger partial charge in [0.1, 0.15) is 0 Å². The molecule has 0 aromatic rings. The van der Waals surface area contributed by atoms with E-state index in [2.05, 4.69) is 5.32 Å². The lowest BCUT2D eigenvalue weighted by Crippen LogP contribution is -2.45. The van der Waals surface area contributed by atoms with Crippen molar-refractivity contribution >= 4 is 0 Å². The normalized spacial score (nSPS) is 14.4. The Kier molecular flexibility index (Phi) is 7.70. The van der Waals surface area contributed by atoms with Crippen LogP contribution in [-0.2, 0) is 4.74 Å². The van der Waals surface area contributed by atoms with Gasteiger partial charge in [-0.3, -0.25) is 4.90 Å². The molecule has 1 atom stereocenters. The maximum atomic E-state index is 12.1. The fraction of sp³-hybridized carbons (Fsp3) is 1.00. The highest BCUT2D eigenvalue weighted by molar-refractivity contribution is 4.71. The monoisotopic (exact) mass is 242 g/mol. The number of halogens is 3. The summed E-state index contributed by atoms with van der Waals surface area (Å²) in [6, 6.07) is -0.0581. The van der Waals surface area contributed by atoms with E-state index < -0.39 is 12.7 Å². The van der Waals surface area contributed by atoms with E-state index in [9.17, 15) is 13.2 Å². The van der Waals surface area contributed by atoms with Gasteiger partial charge >= 0.3 is 6.18 Å². The molecule has 0 aliphatic heterocycles. The number of hydrogen-bond donors (Lipinski definition) is 1. The second-order valence-corrected chi connectivity index (χ2v) is 3.92. The minimum atomic E-state index is -4.14. The van der Waals surface area contributed by atoms with Crippen molar-refractivity contribution in [2.24, 2.45) is 0 Å². The molecule has 0 saturated carbocycles. The van der Waals surface area contributed by atoms with E-state index in [1.54, 1.807) is 7.11 Å². The third kappa shape index (κ3) is 8.94. The van der Waals surface area contributed by atoms with Crippen LogP contribution in [0.5, 0.6) is 0 Å². The van der Waals surface area contributed by atoms with E-state index in [1.165, 1.54) is 11.9 Å². The van der Waals surface area contributed by atoms with Crippen LogP contribution >= 0.6 is 0 Å². The molecular formula is C10H21F3N2O. The molecule has 0 saturated heterocycles. The summed E-state index contributed by atoms with van der Waals surface area (Å²) in [6.45, 7) is 2.65. The molecule has 1 N–H and O–H groups in total. The fourth-order valence-corrected chi connectivity index (χ4v) is 1.47. The molecule has 0 aliphatic rings. The number of likely N-dealkylation sites (N-methyl/N-ethyl adjacent to an activating group) is 1. The Morgan fingerprint density at radius 1 is 1.38 bits per heavy atom. The number of nitrogens with one attached hydrogen (secondary N) is 1. The van der Waals surface area contributed by atoms with Gasteiger partial charge in [0.25, 0.3) is 0 Å². The van der Waals surface area contributed by atoms with Crippen LogP contribution in [0, 0.1) is 0 Å². The third-order valence-electron chi connectivity index (χ3n) is 2.03. The van der Waals surface area contributed by atoms with Crippen LogP contribution in [0.25, 0.3) is 0 Å². The highest BCUT2D eigenvalue weighted by Crippen LogP contribution is 2.15. The van der Waals surface area contributed by atoms with Crippen molar-refractivity contribution in [3.63, 3.8) is 0 Å². The largest absolute Gasteiger partial charge is 0.401 e. The first kappa shape index (κ1) is 15.7. The highest BCUT2D eigenvalue weighted by Gasteiger charge is 2.29. The average molecular weight is 242 g/mol. The Labute approximate surface area is 94.9 Å². The van der Waals surface area contributed by atoms with Crippen molar-refractivity contribution < 1.29 is 17.9 Å². The summed E-state index contributed by atoms with van der Waals surface area (Å²) >= 11 is 0. The van der Waals surface area contributed by atoms with Gasteiger partial charge in [-0.05, 0) is 20.0 Å². The van der Waals surface area contributed by atoms with Crippen molar-refractivity contribution in [1.82, 2.24) is 10.2 Å². The minimum absolute atomic E-state index is 0.0581. The summed E-state index contributed by atoms with van der Waals surface area (Å²) in [4.78, 5) is 1.26. The summed E-state index contributed by atoms with van der Waals surface area (Å²) in [5.41, 5.74) is 0. The van der Waals surface area contributed by atoms with Gasteiger partial charge in [-0.2, -0.15) is 13.2 Å². The van der Waals surface area contributed by atoms with Gasteiger partial charge in [-0.1, -0.05) is 6.92 Å². The average Bonchev–Trinajstić information content (AvgIpc) is 2.11. The first-order chi connectivity index (χ1) is 7.39. The summed E-state index contributed by atoms with van der Waals surface area (Å²) in [7, 11) is 3.01. The molecule has 0 bridgehead atoms. The summed E-state index contributed by atoms with van der Waals surface area (Å²) < 4.78 is 41.3. The quantitative estimate of drug-likeness (QED) is 0.698. The zero-order valence-corrected chi connectivity index (χ0v) is 10.1. The van der Waals surface area contributed by atoms with Crippen molar-refractivity contribution in [2.75, 3.05) is 40.4 Å². The molecule has 0 aromatic heterocycles. The lowest BCUT2D eigenvalue weighted by atomic mass is 10.2. The lowest BCUT2D eigenvalue weighted by Gasteiger charge is -2.25. The molecule has 0 fully saturated rings. The van der Waals surface area contributed by atoms with E-state index >= 15 is 0 Å². The Balaban J connectivity index is 3.96. The SMILES string of the molecule is CCCNC(COC)CN(C)CC(F)(F)F. The second kappa shape index (κ2) is 7.86. The van der Waals surface area contributed by atoms with E-state index in [1.807, 2.05) is 6.92 Å². The predicted octanol–water partition coefficient (Wildman–Crippen LogP) is 1.50. The van der Waals surface area contributed by atoms with Gasteiger partial charge < -0.3 is 10.1 Å². The Morgan fingerprint density at radius 3 is 2.44 bits per heavy atom. The molecule has 16 heavy (non-hydrogen) atoms. The smallest absolute Gasteiger partial charge is 0.383 e. The van der Waals surface area contributed by atoms with Crippen LogP contribution in [0.15, 0.2) is 0 Å². The van der Waals surface area contributed by atoms with Gasteiger partial charge in [0.15, 0.2) is 0 Å². The molecule has 0 rings (SSSR count). The lowest BCUT2D eigenvalue weighted by molar-refractivity contribution is -0.143. The topological polar surface area (TPSA) is 24.5 Å². The summed E-state index contributed by atoms with van der Waals surface area (Å²) in [6.07, 6.45) is -3.19. The molecule has 0 aromatic carbocycles. The predicted molar refractivity (Wildman–Crippen MR) is 57.5 cm³/mol. The van der Waals surface area contributed by atoms with Gasteiger partial charge in [0, 0.05) is 19.7 Å². The molecule has 1 unspecified atom stereocenters. The van der Waals surface area contributed by atoms with Crippen LogP contribution in [0.4, 0.5) is 13.2 Å². The Bertz CT molecular complexity index is 176. The highest BCUT2D eigenvalue weighted by atomic mass is 19.4. The number of methoxy groups -OCH3 is 1. The van der Waals surface area contributed by atoms with Crippen molar-refractivity contribution in [3.8, 4) is 0 Å². The molecule has 0 radical (unpaired) electrons. The molecule has 0 aliphatic carbocycles. The molecule has 3 nitrogen and oxygen atoms in total. The number of ether oxygens (including phenoxy) is 1. The zero-order chi connectivity index (χ0) is 12.6. The van der Waals surface area contributed by atoms with E-state index in [0.717, 1.165) is 13.0 Å². The maximum absolute atomic E-state index is 12.1. The van der Waals surface area contributed by atoms with Crippen LogP contribution < -0.4 is 5.32 Å². The Morgan fingerprint density at radius 2 is 2.00 bits per heavy atom. The first-order valence-corrected chi connectivity index (χ1v) is 5.36. The van der Waals surface area contributed by atoms with Crippen molar-refractivity contribution in [2.45, 2.75) is 25.6 Å².